The molecule has 13 heavy (non-hydrogen) atoms. The SMILES string of the molecule is CNCc1nnc(C(C)C2CC2)s1. The first-order valence-electron chi connectivity index (χ1n) is 4.78. The predicted octanol–water partition coefficient (Wildman–Crippen LogP) is 1.77. The molecule has 4 heteroatoms. The Morgan fingerprint density at radius 2 is 2.31 bits per heavy atom. The van der Waals surface area contributed by atoms with Gasteiger partial charge < -0.3 is 5.32 Å². The molecule has 1 unspecified atom stereocenters. The van der Waals surface area contributed by atoms with Gasteiger partial charge in [0.2, 0.25) is 0 Å². The minimum Gasteiger partial charge on any atom is -0.313 e. The van der Waals surface area contributed by atoms with Gasteiger partial charge in [-0.2, -0.15) is 0 Å². The van der Waals surface area contributed by atoms with Crippen LogP contribution in [0.4, 0.5) is 0 Å². The molecule has 72 valence electrons. The summed E-state index contributed by atoms with van der Waals surface area (Å²) in [6, 6.07) is 0. The van der Waals surface area contributed by atoms with Gasteiger partial charge in [-0.1, -0.05) is 18.3 Å². The minimum absolute atomic E-state index is 0.628. The van der Waals surface area contributed by atoms with E-state index < -0.39 is 0 Å². The first kappa shape index (κ1) is 9.09. The van der Waals surface area contributed by atoms with Crippen molar-refractivity contribution in [3.05, 3.63) is 10.0 Å². The van der Waals surface area contributed by atoms with E-state index in [9.17, 15) is 0 Å². The highest BCUT2D eigenvalue weighted by atomic mass is 32.1. The van der Waals surface area contributed by atoms with Gasteiger partial charge in [0, 0.05) is 12.5 Å². The lowest BCUT2D eigenvalue weighted by molar-refractivity contribution is 0.649. The van der Waals surface area contributed by atoms with Gasteiger partial charge in [0.25, 0.3) is 0 Å². The highest BCUT2D eigenvalue weighted by Crippen LogP contribution is 2.42. The molecule has 0 radical (unpaired) electrons. The van der Waals surface area contributed by atoms with Gasteiger partial charge in [-0.3, -0.25) is 0 Å². The fraction of sp³-hybridized carbons (Fsp3) is 0.778. The second-order valence-corrected chi connectivity index (χ2v) is 4.78. The second kappa shape index (κ2) is 3.72. The highest BCUT2D eigenvalue weighted by molar-refractivity contribution is 7.11. The molecular formula is C9H15N3S. The van der Waals surface area contributed by atoms with Crippen LogP contribution in [0.15, 0.2) is 0 Å². The van der Waals surface area contributed by atoms with Gasteiger partial charge in [-0.15, -0.1) is 10.2 Å². The number of hydrogen-bond donors (Lipinski definition) is 1. The van der Waals surface area contributed by atoms with Crippen molar-refractivity contribution in [2.24, 2.45) is 5.92 Å². The van der Waals surface area contributed by atoms with E-state index in [4.69, 9.17) is 0 Å². The molecule has 1 atom stereocenters. The van der Waals surface area contributed by atoms with Gasteiger partial charge in [0.1, 0.15) is 10.0 Å². The Balaban J connectivity index is 2.03. The second-order valence-electron chi connectivity index (χ2n) is 3.69. The van der Waals surface area contributed by atoms with Crippen LogP contribution in [-0.4, -0.2) is 17.2 Å². The minimum atomic E-state index is 0.628. The van der Waals surface area contributed by atoms with Crippen LogP contribution in [0.1, 0.15) is 35.7 Å². The standard InChI is InChI=1S/C9H15N3S/c1-6(7-3-4-7)9-12-11-8(13-9)5-10-2/h6-7,10H,3-5H2,1-2H3. The first-order valence-corrected chi connectivity index (χ1v) is 5.59. The third kappa shape index (κ3) is 2.06. The zero-order valence-corrected chi connectivity index (χ0v) is 8.90. The van der Waals surface area contributed by atoms with Gasteiger partial charge in [0.15, 0.2) is 0 Å². The molecule has 1 N–H and O–H groups in total. The maximum absolute atomic E-state index is 4.22. The van der Waals surface area contributed by atoms with Crippen LogP contribution in [-0.2, 0) is 6.54 Å². The molecule has 1 saturated carbocycles. The van der Waals surface area contributed by atoms with Crippen LogP contribution in [0.2, 0.25) is 0 Å². The van der Waals surface area contributed by atoms with Crippen LogP contribution in [0.5, 0.6) is 0 Å². The van der Waals surface area contributed by atoms with Crippen molar-refractivity contribution in [2.45, 2.75) is 32.2 Å². The molecule has 0 spiro atoms. The lowest BCUT2D eigenvalue weighted by atomic mass is 10.1. The number of aromatic nitrogens is 2. The molecule has 0 aliphatic heterocycles. The van der Waals surface area contributed by atoms with Crippen molar-refractivity contribution in [1.29, 1.82) is 0 Å². The summed E-state index contributed by atoms with van der Waals surface area (Å²) in [4.78, 5) is 0. The van der Waals surface area contributed by atoms with Crippen LogP contribution < -0.4 is 5.32 Å². The van der Waals surface area contributed by atoms with Crippen molar-refractivity contribution in [3.63, 3.8) is 0 Å². The quantitative estimate of drug-likeness (QED) is 0.799. The summed E-state index contributed by atoms with van der Waals surface area (Å²) in [6.07, 6.45) is 2.75. The van der Waals surface area contributed by atoms with Crippen molar-refractivity contribution in [3.8, 4) is 0 Å². The summed E-state index contributed by atoms with van der Waals surface area (Å²) in [5.74, 6) is 1.51. The molecule has 1 aromatic heterocycles. The molecule has 1 heterocycles. The van der Waals surface area contributed by atoms with Crippen molar-refractivity contribution in [2.75, 3.05) is 7.05 Å². The summed E-state index contributed by atoms with van der Waals surface area (Å²) in [5, 5.41) is 13.8. The zero-order chi connectivity index (χ0) is 9.26. The maximum Gasteiger partial charge on any atom is 0.131 e. The van der Waals surface area contributed by atoms with E-state index in [0.717, 1.165) is 17.5 Å². The van der Waals surface area contributed by atoms with E-state index in [1.165, 1.54) is 17.8 Å². The molecule has 2 rings (SSSR count). The van der Waals surface area contributed by atoms with Gasteiger partial charge in [-0.25, -0.2) is 0 Å². The van der Waals surface area contributed by atoms with Crippen LogP contribution >= 0.6 is 11.3 Å². The van der Waals surface area contributed by atoms with E-state index in [1.54, 1.807) is 11.3 Å². The van der Waals surface area contributed by atoms with E-state index in [-0.39, 0.29) is 0 Å². The number of rotatable bonds is 4. The lowest BCUT2D eigenvalue weighted by Crippen LogP contribution is -2.04. The Morgan fingerprint density at radius 1 is 1.54 bits per heavy atom. The average Bonchev–Trinajstić information content (AvgIpc) is 2.87. The summed E-state index contributed by atoms with van der Waals surface area (Å²) >= 11 is 1.75. The molecule has 0 bridgehead atoms. The van der Waals surface area contributed by atoms with Crippen molar-refractivity contribution in [1.82, 2.24) is 15.5 Å². The van der Waals surface area contributed by atoms with Crippen molar-refractivity contribution >= 4 is 11.3 Å². The third-order valence-corrected chi connectivity index (χ3v) is 3.65. The Bertz CT molecular complexity index is 280. The van der Waals surface area contributed by atoms with E-state index in [1.807, 2.05) is 7.05 Å². The fourth-order valence-electron chi connectivity index (χ4n) is 1.47. The van der Waals surface area contributed by atoms with Gasteiger partial charge in [-0.05, 0) is 25.8 Å². The molecule has 1 aromatic rings. The summed E-state index contributed by atoms with van der Waals surface area (Å²) in [5.41, 5.74) is 0. The molecule has 1 fully saturated rings. The zero-order valence-electron chi connectivity index (χ0n) is 8.08. The van der Waals surface area contributed by atoms with Crippen LogP contribution in [0.3, 0.4) is 0 Å². The highest BCUT2D eigenvalue weighted by Gasteiger charge is 2.31. The van der Waals surface area contributed by atoms with Crippen LogP contribution in [0, 0.1) is 5.92 Å². The molecule has 0 aromatic carbocycles. The first-order chi connectivity index (χ1) is 6.31. The Hall–Kier alpha value is -0.480. The molecular weight excluding hydrogens is 182 g/mol. The van der Waals surface area contributed by atoms with Crippen LogP contribution in [0.25, 0.3) is 0 Å². The molecule has 3 nitrogen and oxygen atoms in total. The monoisotopic (exact) mass is 197 g/mol. The Labute approximate surface area is 82.6 Å². The maximum atomic E-state index is 4.22. The van der Waals surface area contributed by atoms with Gasteiger partial charge in [0.05, 0.1) is 0 Å². The third-order valence-electron chi connectivity index (χ3n) is 2.53. The van der Waals surface area contributed by atoms with Gasteiger partial charge >= 0.3 is 0 Å². The molecule has 1 aliphatic carbocycles. The Morgan fingerprint density at radius 3 is 2.92 bits per heavy atom. The summed E-state index contributed by atoms with van der Waals surface area (Å²) in [7, 11) is 1.94. The predicted molar refractivity (Wildman–Crippen MR) is 53.8 cm³/mol. The normalized spacial score (nSPS) is 18.9. The molecule has 0 saturated heterocycles. The lowest BCUT2D eigenvalue weighted by Gasteiger charge is -2.02. The Kier molecular flexibility index (Phi) is 2.60. The largest absolute Gasteiger partial charge is 0.313 e. The number of hydrogen-bond acceptors (Lipinski definition) is 4. The van der Waals surface area contributed by atoms with Crippen molar-refractivity contribution < 1.29 is 0 Å². The van der Waals surface area contributed by atoms with E-state index >= 15 is 0 Å². The van der Waals surface area contributed by atoms with E-state index in [0.29, 0.717) is 5.92 Å². The topological polar surface area (TPSA) is 37.8 Å². The summed E-state index contributed by atoms with van der Waals surface area (Å²) < 4.78 is 0. The summed E-state index contributed by atoms with van der Waals surface area (Å²) in [6.45, 7) is 3.11. The fourth-order valence-corrected chi connectivity index (χ4v) is 2.47. The molecule has 1 aliphatic rings. The molecule has 0 amide bonds. The average molecular weight is 197 g/mol. The van der Waals surface area contributed by atoms with E-state index in [2.05, 4.69) is 22.4 Å². The number of nitrogens with one attached hydrogen (secondary N) is 1. The smallest absolute Gasteiger partial charge is 0.131 e. The number of nitrogens with zero attached hydrogens (tertiary/aromatic N) is 2.